The number of carbonyl (C=O) groups excluding carboxylic acids is 2. The second kappa shape index (κ2) is 8.93. The van der Waals surface area contributed by atoms with Crippen molar-refractivity contribution in [3.05, 3.63) is 66.4 Å². The van der Waals surface area contributed by atoms with E-state index >= 15 is 0 Å². The number of likely N-dealkylation sites (tertiary alicyclic amines) is 1. The quantitative estimate of drug-likeness (QED) is 0.492. The Labute approximate surface area is 223 Å². The molecule has 7 nitrogen and oxygen atoms in total. The molecule has 3 aromatic rings. The Kier molecular flexibility index (Phi) is 5.49. The van der Waals surface area contributed by atoms with Gasteiger partial charge in [0.25, 0.3) is 5.91 Å². The normalized spacial score (nSPS) is 20.8. The zero-order valence-corrected chi connectivity index (χ0v) is 21.8. The number of amides is 2. The number of benzene rings is 2. The summed E-state index contributed by atoms with van der Waals surface area (Å²) in [4.78, 5) is 34.8. The first-order chi connectivity index (χ1) is 18.5. The van der Waals surface area contributed by atoms with Gasteiger partial charge >= 0.3 is 0 Å². The molecule has 2 aromatic carbocycles. The zero-order valence-electron chi connectivity index (χ0n) is 21.8. The van der Waals surface area contributed by atoms with Gasteiger partial charge in [-0.15, -0.1) is 0 Å². The van der Waals surface area contributed by atoms with Crippen molar-refractivity contribution >= 4 is 17.6 Å². The average Bonchev–Trinajstić information content (AvgIpc) is 3.88. The molecule has 2 amide bonds. The van der Waals surface area contributed by atoms with E-state index in [0.717, 1.165) is 85.4 Å². The molecule has 3 heterocycles. The largest absolute Gasteiger partial charge is 0.342 e. The van der Waals surface area contributed by atoms with Gasteiger partial charge in [-0.2, -0.15) is 5.10 Å². The Morgan fingerprint density at radius 3 is 2.03 bits per heavy atom. The summed E-state index contributed by atoms with van der Waals surface area (Å²) in [5.41, 5.74) is 4.99. The predicted octanol–water partition coefficient (Wildman–Crippen LogP) is 4.52. The maximum atomic E-state index is 13.4. The monoisotopic (exact) mass is 507 g/mol. The standard InChI is InChI=1S/C31H33N5O2/c1-34-27(12-17-32-34)24-6-2-22(3-7-24)23-4-8-25(9-5-23)28-33-31(15-16-31)30(38)36(28)20-21-13-18-35(19-14-21)29(37)26-10-11-26/h2-9,12,17,21,26H,10-11,13-16,18-20H2,1H3. The number of aryl methyl sites for hydroxylation is 1. The number of piperidine rings is 1. The summed E-state index contributed by atoms with van der Waals surface area (Å²) in [5.74, 6) is 2.01. The average molecular weight is 508 g/mol. The fraction of sp³-hybridized carbons (Fsp3) is 0.419. The zero-order chi connectivity index (χ0) is 25.9. The minimum atomic E-state index is -0.516. The van der Waals surface area contributed by atoms with Gasteiger partial charge in [0, 0.05) is 44.4 Å². The molecule has 38 heavy (non-hydrogen) atoms. The van der Waals surface area contributed by atoms with E-state index in [1.54, 1.807) is 0 Å². The summed E-state index contributed by atoms with van der Waals surface area (Å²) >= 11 is 0. The van der Waals surface area contributed by atoms with Crippen LogP contribution in [0.15, 0.2) is 65.8 Å². The molecule has 0 bridgehead atoms. The second-order valence-corrected chi connectivity index (χ2v) is 11.4. The first kappa shape index (κ1) is 23.4. The SMILES string of the molecule is Cn1nccc1-c1ccc(-c2ccc(C3=NC4(CC4)C(=O)N3CC3CCN(C(=O)C4CC4)CC3)cc2)cc1. The van der Waals surface area contributed by atoms with Crippen molar-refractivity contribution in [3.8, 4) is 22.4 Å². The minimum Gasteiger partial charge on any atom is -0.342 e. The highest BCUT2D eigenvalue weighted by Gasteiger charge is 2.57. The van der Waals surface area contributed by atoms with Crippen molar-refractivity contribution in [2.75, 3.05) is 19.6 Å². The van der Waals surface area contributed by atoms with E-state index in [0.29, 0.717) is 18.4 Å². The third-order valence-electron chi connectivity index (χ3n) is 8.71. The molecule has 7 rings (SSSR count). The van der Waals surface area contributed by atoms with Gasteiger partial charge in [-0.05, 0) is 67.2 Å². The lowest BCUT2D eigenvalue weighted by Crippen LogP contribution is -2.45. The van der Waals surface area contributed by atoms with Crippen molar-refractivity contribution < 1.29 is 9.59 Å². The van der Waals surface area contributed by atoms with Crippen molar-refractivity contribution in [2.24, 2.45) is 23.9 Å². The molecule has 2 saturated carbocycles. The van der Waals surface area contributed by atoms with E-state index in [1.165, 1.54) is 0 Å². The molecule has 0 atom stereocenters. The lowest BCUT2D eigenvalue weighted by molar-refractivity contribution is -0.134. The molecular weight excluding hydrogens is 474 g/mol. The van der Waals surface area contributed by atoms with Crippen LogP contribution in [0.25, 0.3) is 22.4 Å². The maximum absolute atomic E-state index is 13.4. The summed E-state index contributed by atoms with van der Waals surface area (Å²) in [6.45, 7) is 2.32. The molecule has 4 aliphatic rings. The molecule has 0 radical (unpaired) electrons. The molecule has 0 unspecified atom stereocenters. The second-order valence-electron chi connectivity index (χ2n) is 11.4. The molecule has 194 valence electrons. The lowest BCUT2D eigenvalue weighted by Gasteiger charge is -2.34. The predicted molar refractivity (Wildman–Crippen MR) is 146 cm³/mol. The van der Waals surface area contributed by atoms with Crippen LogP contribution in [0.3, 0.4) is 0 Å². The van der Waals surface area contributed by atoms with Crippen molar-refractivity contribution in [2.45, 2.75) is 44.1 Å². The van der Waals surface area contributed by atoms with Crippen LogP contribution in [-0.2, 0) is 16.6 Å². The van der Waals surface area contributed by atoms with Crippen LogP contribution in [0.4, 0.5) is 0 Å². The number of nitrogens with zero attached hydrogens (tertiary/aromatic N) is 5. The van der Waals surface area contributed by atoms with Crippen LogP contribution < -0.4 is 0 Å². The Bertz CT molecular complexity index is 1410. The van der Waals surface area contributed by atoms with Crippen LogP contribution in [0.2, 0.25) is 0 Å². The fourth-order valence-corrected chi connectivity index (χ4v) is 5.98. The van der Waals surface area contributed by atoms with Crippen LogP contribution in [-0.4, -0.2) is 62.4 Å². The number of hydrogen-bond acceptors (Lipinski definition) is 4. The van der Waals surface area contributed by atoms with E-state index in [4.69, 9.17) is 4.99 Å². The highest BCUT2D eigenvalue weighted by Crippen LogP contribution is 2.46. The number of carbonyl (C=O) groups is 2. The van der Waals surface area contributed by atoms with Crippen molar-refractivity contribution in [1.29, 1.82) is 0 Å². The summed E-state index contributed by atoms with van der Waals surface area (Å²) in [6.07, 6.45) is 7.53. The molecule has 1 aromatic heterocycles. The van der Waals surface area contributed by atoms with Gasteiger partial charge < -0.3 is 4.90 Å². The van der Waals surface area contributed by atoms with Gasteiger partial charge in [0.1, 0.15) is 11.4 Å². The molecule has 3 fully saturated rings. The summed E-state index contributed by atoms with van der Waals surface area (Å²) in [6, 6.07) is 19.0. The van der Waals surface area contributed by atoms with Gasteiger partial charge in [-0.3, -0.25) is 24.2 Å². The highest BCUT2D eigenvalue weighted by atomic mass is 16.2. The van der Waals surface area contributed by atoms with Gasteiger partial charge in [-0.25, -0.2) is 0 Å². The summed E-state index contributed by atoms with van der Waals surface area (Å²) in [5, 5.41) is 4.26. The number of aromatic nitrogens is 2. The molecule has 1 saturated heterocycles. The number of hydrogen-bond donors (Lipinski definition) is 0. The first-order valence-corrected chi connectivity index (χ1v) is 13.9. The van der Waals surface area contributed by atoms with E-state index < -0.39 is 5.54 Å². The Hall–Kier alpha value is -3.74. The topological polar surface area (TPSA) is 70.8 Å². The number of rotatable bonds is 6. The third kappa shape index (κ3) is 4.14. The van der Waals surface area contributed by atoms with Gasteiger partial charge in [0.05, 0.1) is 5.69 Å². The van der Waals surface area contributed by atoms with E-state index in [2.05, 4.69) is 53.6 Å². The van der Waals surface area contributed by atoms with Crippen LogP contribution in [0.1, 0.15) is 44.1 Å². The van der Waals surface area contributed by atoms with Gasteiger partial charge in [0.2, 0.25) is 5.91 Å². The maximum Gasteiger partial charge on any atom is 0.256 e. The molecule has 2 aliphatic carbocycles. The molecule has 0 N–H and O–H groups in total. The molecule has 1 spiro atoms. The fourth-order valence-electron chi connectivity index (χ4n) is 5.98. The number of amidine groups is 1. The Morgan fingerprint density at radius 2 is 1.47 bits per heavy atom. The van der Waals surface area contributed by atoms with Crippen molar-refractivity contribution in [3.63, 3.8) is 0 Å². The van der Waals surface area contributed by atoms with Crippen molar-refractivity contribution in [1.82, 2.24) is 19.6 Å². The smallest absolute Gasteiger partial charge is 0.256 e. The van der Waals surface area contributed by atoms with E-state index in [9.17, 15) is 9.59 Å². The molecular formula is C31H33N5O2. The van der Waals surface area contributed by atoms with Gasteiger partial charge in [-0.1, -0.05) is 48.5 Å². The molecule has 7 heteroatoms. The van der Waals surface area contributed by atoms with Gasteiger partial charge in [0.15, 0.2) is 0 Å². The van der Waals surface area contributed by atoms with E-state index in [-0.39, 0.29) is 11.8 Å². The first-order valence-electron chi connectivity index (χ1n) is 13.9. The summed E-state index contributed by atoms with van der Waals surface area (Å²) in [7, 11) is 1.95. The Morgan fingerprint density at radius 1 is 0.868 bits per heavy atom. The summed E-state index contributed by atoms with van der Waals surface area (Å²) < 4.78 is 1.88. The Balaban J connectivity index is 1.06. The minimum absolute atomic E-state index is 0.166. The molecule has 2 aliphatic heterocycles. The third-order valence-corrected chi connectivity index (χ3v) is 8.71. The van der Waals surface area contributed by atoms with Crippen LogP contribution in [0.5, 0.6) is 0 Å². The van der Waals surface area contributed by atoms with Crippen LogP contribution in [0, 0.1) is 11.8 Å². The number of aliphatic imine (C=N–C) groups is 1. The van der Waals surface area contributed by atoms with Crippen LogP contribution >= 0.6 is 0 Å². The van der Waals surface area contributed by atoms with E-state index in [1.807, 2.05) is 33.8 Å². The lowest BCUT2D eigenvalue weighted by atomic mass is 9.95. The highest BCUT2D eigenvalue weighted by molar-refractivity contribution is 6.16.